The molecule has 0 radical (unpaired) electrons. The Morgan fingerprint density at radius 3 is 1.76 bits per heavy atom. The quantitative estimate of drug-likeness (QED) is 0.238. The molecular formula is C24H22Br2MnN6O4. The van der Waals surface area contributed by atoms with E-state index in [1.807, 2.05) is 39.6 Å². The number of hydrogen-bond acceptors (Lipinski definition) is 8. The number of carbonyl (C=O) groups excluding carboxylic acids is 1. The third kappa shape index (κ3) is 5.80. The van der Waals surface area contributed by atoms with E-state index in [9.17, 15) is 9.90 Å². The average Bonchev–Trinajstić information content (AvgIpc) is 3.79. The minimum absolute atomic E-state index is 0.0122. The molecule has 0 saturated heterocycles. The van der Waals surface area contributed by atoms with Crippen molar-refractivity contribution in [2.75, 3.05) is 0 Å². The Morgan fingerprint density at radius 1 is 0.838 bits per heavy atom. The van der Waals surface area contributed by atoms with E-state index in [1.165, 1.54) is 0 Å². The van der Waals surface area contributed by atoms with Crippen LogP contribution in [0.5, 0.6) is 0 Å². The molecule has 1 N–H and O–H groups in total. The van der Waals surface area contributed by atoms with Crippen molar-refractivity contribution in [3.8, 4) is 0 Å². The van der Waals surface area contributed by atoms with E-state index in [0.717, 1.165) is 58.0 Å². The average molecular weight is 673 g/mol. The van der Waals surface area contributed by atoms with Gasteiger partial charge in [-0.2, -0.15) is 0 Å². The summed E-state index contributed by atoms with van der Waals surface area (Å²) in [7, 11) is 0. The number of aliphatic hydroxyl groups is 1. The van der Waals surface area contributed by atoms with Gasteiger partial charge in [0.1, 0.15) is 5.69 Å². The Morgan fingerprint density at radius 2 is 1.32 bits per heavy atom. The molecule has 0 aromatic carbocycles. The van der Waals surface area contributed by atoms with Gasteiger partial charge in [0.05, 0.1) is 59.8 Å². The van der Waals surface area contributed by atoms with Crippen molar-refractivity contribution < 1.29 is 32.4 Å². The number of nitrogens with zero attached hydrogens (tertiary/aromatic N) is 6. The summed E-state index contributed by atoms with van der Waals surface area (Å²) < 4.78 is 22.7. The summed E-state index contributed by atoms with van der Waals surface area (Å²) in [6, 6.07) is 7.99. The second-order valence-corrected chi connectivity index (χ2v) is 10.6. The van der Waals surface area contributed by atoms with Crippen LogP contribution in [0, 0.1) is 0 Å². The van der Waals surface area contributed by atoms with Crippen molar-refractivity contribution in [1.29, 1.82) is 0 Å². The Bertz CT molecular complexity index is 1390. The fraction of sp³-hybridized carbons (Fsp3) is 0.292. The summed E-state index contributed by atoms with van der Waals surface area (Å²) >= 11 is 5.32. The molecule has 2 saturated carbocycles. The third-order valence-electron chi connectivity index (χ3n) is 6.44. The molecular weight excluding hydrogens is 651 g/mol. The fourth-order valence-corrected chi connectivity index (χ4v) is 4.82. The van der Waals surface area contributed by atoms with Crippen LogP contribution in [0.25, 0.3) is 0 Å². The van der Waals surface area contributed by atoms with Crippen LogP contribution in [0.3, 0.4) is 0 Å². The normalized spacial score (nSPS) is 15.9. The van der Waals surface area contributed by atoms with E-state index in [-0.39, 0.29) is 17.7 Å². The Balaban J connectivity index is 0.000000157. The van der Waals surface area contributed by atoms with E-state index in [0.29, 0.717) is 5.69 Å². The Kier molecular flexibility index (Phi) is 8.81. The summed E-state index contributed by atoms with van der Waals surface area (Å²) in [5.41, 5.74) is 3.22. The van der Waals surface area contributed by atoms with Crippen LogP contribution >= 0.6 is 31.9 Å². The van der Waals surface area contributed by atoms with Crippen LogP contribution in [-0.2, 0) is 40.2 Å². The number of aromatic nitrogens is 6. The maximum atomic E-state index is 11.0. The first-order valence-electron chi connectivity index (χ1n) is 11.2. The van der Waals surface area contributed by atoms with Crippen molar-refractivity contribution >= 4 is 38.1 Å². The number of imidazole rings is 2. The van der Waals surface area contributed by atoms with Gasteiger partial charge in [0, 0.05) is 21.3 Å². The van der Waals surface area contributed by atoms with Crippen LogP contribution in [0.1, 0.15) is 53.3 Å². The van der Waals surface area contributed by atoms with Gasteiger partial charge in [0.2, 0.25) is 0 Å². The first kappa shape index (κ1) is 27.5. The van der Waals surface area contributed by atoms with Crippen LogP contribution in [0.2, 0.25) is 0 Å². The van der Waals surface area contributed by atoms with Crippen molar-refractivity contribution in [1.82, 2.24) is 29.1 Å². The molecule has 0 spiro atoms. The number of rotatable bonds is 6. The summed E-state index contributed by atoms with van der Waals surface area (Å²) in [6.07, 6.45) is 15.3. The Labute approximate surface area is 235 Å². The van der Waals surface area contributed by atoms with Gasteiger partial charge in [-0.3, -0.25) is 14.8 Å². The molecule has 6 rings (SSSR count). The summed E-state index contributed by atoms with van der Waals surface area (Å²) in [5, 5.41) is 9.30. The molecule has 13 heteroatoms. The predicted octanol–water partition coefficient (Wildman–Crippen LogP) is 4.22. The topological polar surface area (TPSA) is 133 Å². The second kappa shape index (κ2) is 11.9. The summed E-state index contributed by atoms with van der Waals surface area (Å²) in [5.74, 6) is 0. The van der Waals surface area contributed by atoms with Crippen LogP contribution < -0.4 is 0 Å². The molecule has 4 aromatic heterocycles. The van der Waals surface area contributed by atoms with Gasteiger partial charge in [-0.1, -0.05) is 0 Å². The van der Waals surface area contributed by atoms with Gasteiger partial charge in [-0.15, -0.1) is 0 Å². The van der Waals surface area contributed by atoms with Gasteiger partial charge in [0.15, 0.2) is 6.29 Å². The molecule has 0 bridgehead atoms. The SMILES string of the molecule is O=Cc1cncn1C1(c2ccc(Br)cn2)CC1.OCc1cncn1C1(c2ccc(Br)cn2)CC1.[O]=[Mn]=[O]. The number of hydrogen-bond donors (Lipinski definition) is 1. The molecule has 10 nitrogen and oxygen atoms in total. The van der Waals surface area contributed by atoms with E-state index >= 15 is 0 Å². The van der Waals surface area contributed by atoms with Gasteiger partial charge in [0.25, 0.3) is 0 Å². The van der Waals surface area contributed by atoms with Crippen LogP contribution in [-0.4, -0.2) is 40.5 Å². The van der Waals surface area contributed by atoms with E-state index in [2.05, 4.69) is 51.8 Å². The van der Waals surface area contributed by atoms with Gasteiger partial charge in [-0.05, 0) is 81.8 Å². The number of aldehydes is 1. The van der Waals surface area contributed by atoms with Crippen molar-refractivity contribution in [2.45, 2.75) is 43.4 Å². The van der Waals surface area contributed by atoms with Crippen molar-refractivity contribution in [3.63, 3.8) is 0 Å². The van der Waals surface area contributed by atoms with E-state index < -0.39 is 14.8 Å². The standard InChI is InChI=1S/C12H12BrN3O.C12H10BrN3O.Mn.2O/c2*13-9-1-2-11(15-5-9)12(3-4-12)16-8-14-6-10(16)7-17;;;/h1-2,5-6,8,17H,3-4,7H2;1-2,5-8H,3-4H2;;;. The first-order valence-corrected chi connectivity index (χ1v) is 13.7. The van der Waals surface area contributed by atoms with E-state index in [4.69, 9.17) is 7.67 Å². The first-order chi connectivity index (χ1) is 17.9. The molecule has 0 amide bonds. The van der Waals surface area contributed by atoms with Gasteiger partial charge in [-0.25, -0.2) is 9.97 Å². The third-order valence-corrected chi connectivity index (χ3v) is 7.38. The molecule has 0 aliphatic heterocycles. The molecule has 0 atom stereocenters. The van der Waals surface area contributed by atoms with E-state index in [1.54, 1.807) is 31.2 Å². The molecule has 2 aliphatic rings. The van der Waals surface area contributed by atoms with Crippen molar-refractivity contribution in [3.05, 3.63) is 93.4 Å². The Hall–Kier alpha value is -2.57. The van der Waals surface area contributed by atoms with Crippen LogP contribution in [0.4, 0.5) is 0 Å². The number of aliphatic hydroxyl groups excluding tert-OH is 1. The molecule has 4 heterocycles. The van der Waals surface area contributed by atoms with Gasteiger partial charge >= 0.3 is 22.5 Å². The molecule has 0 unspecified atom stereocenters. The van der Waals surface area contributed by atoms with Crippen molar-refractivity contribution in [2.24, 2.45) is 0 Å². The monoisotopic (exact) mass is 671 g/mol. The minimum atomic E-state index is -1.44. The summed E-state index contributed by atoms with van der Waals surface area (Å²) in [4.78, 5) is 28.0. The van der Waals surface area contributed by atoms with Gasteiger partial charge < -0.3 is 14.2 Å². The second-order valence-electron chi connectivity index (χ2n) is 8.57. The fourth-order valence-electron chi connectivity index (χ4n) is 4.35. The zero-order valence-electron chi connectivity index (χ0n) is 19.4. The molecule has 193 valence electrons. The molecule has 2 fully saturated rings. The molecule has 37 heavy (non-hydrogen) atoms. The summed E-state index contributed by atoms with van der Waals surface area (Å²) in [6.45, 7) is 0.0122. The molecule has 4 aromatic rings. The maximum absolute atomic E-state index is 11.0. The van der Waals surface area contributed by atoms with Crippen LogP contribution in [0.15, 0.2) is 70.7 Å². The number of carbonyl (C=O) groups is 1. The zero-order valence-corrected chi connectivity index (χ0v) is 23.7. The number of halogens is 2. The zero-order chi connectivity index (χ0) is 26.5. The number of pyridine rings is 2. The molecule has 2 aliphatic carbocycles. The predicted molar refractivity (Wildman–Crippen MR) is 134 cm³/mol.